The van der Waals surface area contributed by atoms with E-state index in [9.17, 15) is 47.7 Å². The standard InChI is InChI=1S/C45H49F3N4O7.C7H13N/c1-49-42-37(12-6-25-53)36(17-18-38(42)54)39(55)29-50-21-7-22-52(30-33-8-5-11-35(26-33)45(46,47)48)41(57)28-32-15-13-31(14-16-32)27-40(56)51-23-19-44(20-24-51,43(58)59)34-9-3-2-4-10-34;1-4-8-5-2-7(1)3-6-8/h2-6,8-18,25-26,39,49-50,54-55H,7,19-24,27-30H2,1H3,(H,58,59);7H,1-6H2/b12-6-;. The number of aliphatic hydroxyl groups excluding tert-OH is 1. The van der Waals surface area contributed by atoms with E-state index in [0.29, 0.717) is 73.1 Å². The molecule has 2 amide bonds. The average Bonchev–Trinajstić information content (AvgIpc) is 3.34. The Hall–Kier alpha value is -6.03. The molecule has 12 nitrogen and oxygen atoms in total. The van der Waals surface area contributed by atoms with Gasteiger partial charge in [0, 0.05) is 45.3 Å². The molecule has 2 bridgehead atoms. The summed E-state index contributed by atoms with van der Waals surface area (Å²) in [6, 6.07) is 23.9. The number of hydrogen-bond acceptors (Lipinski definition) is 9. The van der Waals surface area contributed by atoms with Gasteiger partial charge in [-0.1, -0.05) is 72.8 Å². The molecule has 1 unspecified atom stereocenters. The largest absolute Gasteiger partial charge is 0.506 e. The summed E-state index contributed by atoms with van der Waals surface area (Å²) in [6.45, 7) is 5.38. The number of allylic oxidation sites excluding steroid dienone is 1. The number of aldehydes is 1. The van der Waals surface area contributed by atoms with Crippen molar-refractivity contribution in [3.8, 4) is 5.75 Å². The molecule has 5 N–H and O–H groups in total. The zero-order chi connectivity index (χ0) is 48.0. The number of carboxylic acid groups (broad SMARTS) is 1. The summed E-state index contributed by atoms with van der Waals surface area (Å²) in [5.74, 6) is -0.287. The predicted molar refractivity (Wildman–Crippen MR) is 251 cm³/mol. The fourth-order valence-corrected chi connectivity index (χ4v) is 9.33. The van der Waals surface area contributed by atoms with Crippen molar-refractivity contribution in [3.05, 3.63) is 136 Å². The van der Waals surface area contributed by atoms with Crippen LogP contribution in [0.25, 0.3) is 6.08 Å². The van der Waals surface area contributed by atoms with Crippen LogP contribution >= 0.6 is 0 Å². The maximum atomic E-state index is 13.7. The Morgan fingerprint density at radius 2 is 1.52 bits per heavy atom. The SMILES string of the molecule is C1CN2CCC1CC2.CNc1c(O)ccc(C(O)CNCCCN(Cc2cccc(C(F)(F)F)c2)C(=O)Cc2ccc(CC(=O)N3CCC(C(=O)O)(c4ccccc4)CC3)cc2)c1/C=C\C=O. The van der Waals surface area contributed by atoms with Crippen molar-refractivity contribution in [3.63, 3.8) is 0 Å². The van der Waals surface area contributed by atoms with Crippen LogP contribution in [0, 0.1) is 5.92 Å². The van der Waals surface area contributed by atoms with Gasteiger partial charge in [0.2, 0.25) is 11.8 Å². The number of carbonyl (C=O) groups is 4. The van der Waals surface area contributed by atoms with Crippen LogP contribution in [-0.4, -0.2) is 113 Å². The third kappa shape index (κ3) is 13.5. The number of anilines is 1. The van der Waals surface area contributed by atoms with Gasteiger partial charge < -0.3 is 40.7 Å². The van der Waals surface area contributed by atoms with Crippen molar-refractivity contribution in [2.45, 2.75) is 75.6 Å². The molecule has 0 radical (unpaired) electrons. The number of aliphatic hydroxyl groups is 1. The molecule has 4 fully saturated rings. The second-order valence-corrected chi connectivity index (χ2v) is 17.7. The number of aliphatic carboxylic acids is 1. The number of piperidine rings is 4. The number of fused-ring (bicyclic) bond motifs is 3. The van der Waals surface area contributed by atoms with Crippen LogP contribution in [0.15, 0.2) is 97.1 Å². The fraction of sp³-hybridized carbons (Fsp3) is 0.423. The van der Waals surface area contributed by atoms with Gasteiger partial charge in [-0.15, -0.1) is 0 Å². The van der Waals surface area contributed by atoms with Gasteiger partial charge in [-0.05, 0) is 129 Å². The molecular weight excluding hydrogens is 864 g/mol. The minimum atomic E-state index is -4.55. The van der Waals surface area contributed by atoms with E-state index in [4.69, 9.17) is 0 Å². The lowest BCUT2D eigenvalue weighted by Gasteiger charge is -2.39. The Kier molecular flexibility index (Phi) is 17.8. The normalized spacial score (nSPS) is 18.1. The van der Waals surface area contributed by atoms with Gasteiger partial charge in [0.05, 0.1) is 35.6 Å². The fourth-order valence-electron chi connectivity index (χ4n) is 9.33. The van der Waals surface area contributed by atoms with Crippen LogP contribution in [0.3, 0.4) is 0 Å². The van der Waals surface area contributed by atoms with Crippen LogP contribution in [-0.2, 0) is 50.2 Å². The Bertz CT molecular complexity index is 2290. The number of likely N-dealkylation sites (tertiary alicyclic amines) is 1. The summed E-state index contributed by atoms with van der Waals surface area (Å²) < 4.78 is 40.6. The van der Waals surface area contributed by atoms with E-state index in [-0.39, 0.29) is 50.0 Å². The van der Waals surface area contributed by atoms with Gasteiger partial charge in [-0.25, -0.2) is 0 Å². The van der Waals surface area contributed by atoms with Gasteiger partial charge in [0.25, 0.3) is 0 Å². The van der Waals surface area contributed by atoms with Crippen LogP contribution in [0.2, 0.25) is 0 Å². The van der Waals surface area contributed by atoms with E-state index in [0.717, 1.165) is 29.2 Å². The van der Waals surface area contributed by atoms with Crippen LogP contribution in [0.1, 0.15) is 83.6 Å². The highest BCUT2D eigenvalue weighted by Crippen LogP contribution is 2.37. The Morgan fingerprint density at radius 1 is 0.866 bits per heavy atom. The molecule has 0 saturated carbocycles. The quantitative estimate of drug-likeness (QED) is 0.0298. The first-order valence-corrected chi connectivity index (χ1v) is 23.1. The summed E-state index contributed by atoms with van der Waals surface area (Å²) in [5.41, 5.74) is 1.81. The minimum Gasteiger partial charge on any atom is -0.506 e. The van der Waals surface area contributed by atoms with Crippen LogP contribution in [0.4, 0.5) is 18.9 Å². The topological polar surface area (TPSA) is 163 Å². The number of nitrogens with zero attached hydrogens (tertiary/aromatic N) is 3. The molecule has 4 aliphatic rings. The summed E-state index contributed by atoms with van der Waals surface area (Å²) in [6.07, 6.45) is 3.28. The number of amides is 2. The molecule has 4 aromatic carbocycles. The summed E-state index contributed by atoms with van der Waals surface area (Å²) in [5, 5.41) is 37.3. The van der Waals surface area contributed by atoms with E-state index in [1.807, 2.05) is 30.3 Å². The van der Waals surface area contributed by atoms with Crippen molar-refractivity contribution in [1.29, 1.82) is 0 Å². The van der Waals surface area contributed by atoms with Crippen LogP contribution in [0.5, 0.6) is 5.75 Å². The number of carboxylic acids is 1. The number of phenolic OH excluding ortho intramolecular Hbond substituents is 1. The summed E-state index contributed by atoms with van der Waals surface area (Å²) in [7, 11) is 1.60. The number of aromatic hydroxyl groups is 1. The van der Waals surface area contributed by atoms with Gasteiger partial charge in [-0.3, -0.25) is 19.2 Å². The second kappa shape index (κ2) is 23.6. The molecule has 4 heterocycles. The summed E-state index contributed by atoms with van der Waals surface area (Å²) >= 11 is 0. The molecule has 15 heteroatoms. The Labute approximate surface area is 390 Å². The predicted octanol–water partition coefficient (Wildman–Crippen LogP) is 7.24. The molecule has 0 spiro atoms. The lowest BCUT2D eigenvalue weighted by atomic mass is 9.73. The van der Waals surface area contributed by atoms with Crippen molar-refractivity contribution in [1.82, 2.24) is 20.0 Å². The van der Waals surface area contributed by atoms with E-state index in [1.54, 1.807) is 42.3 Å². The van der Waals surface area contributed by atoms with E-state index >= 15 is 0 Å². The average molecular weight is 926 g/mol. The second-order valence-electron chi connectivity index (χ2n) is 17.7. The number of halogens is 3. The highest BCUT2D eigenvalue weighted by atomic mass is 19.4. The van der Waals surface area contributed by atoms with Crippen molar-refractivity contribution < 1.29 is 47.7 Å². The monoisotopic (exact) mass is 925 g/mol. The summed E-state index contributed by atoms with van der Waals surface area (Å²) in [4.78, 5) is 56.1. The van der Waals surface area contributed by atoms with E-state index in [2.05, 4.69) is 15.5 Å². The lowest BCUT2D eigenvalue weighted by molar-refractivity contribution is -0.148. The van der Waals surface area contributed by atoms with Crippen molar-refractivity contribution >= 4 is 35.8 Å². The number of carbonyl (C=O) groups excluding carboxylic acids is 3. The third-order valence-electron chi connectivity index (χ3n) is 13.3. The molecule has 0 aliphatic carbocycles. The molecule has 67 heavy (non-hydrogen) atoms. The third-order valence-corrected chi connectivity index (χ3v) is 13.3. The molecule has 4 aromatic rings. The molecule has 0 aromatic heterocycles. The first-order valence-electron chi connectivity index (χ1n) is 23.1. The van der Waals surface area contributed by atoms with Gasteiger partial charge >= 0.3 is 12.1 Å². The molecular formula is C52H62F3N5O7. The van der Waals surface area contributed by atoms with Crippen LogP contribution < -0.4 is 10.6 Å². The number of benzene rings is 4. The molecule has 1 atom stereocenters. The van der Waals surface area contributed by atoms with Crippen molar-refractivity contribution in [2.24, 2.45) is 5.92 Å². The lowest BCUT2D eigenvalue weighted by Crippen LogP contribution is -2.49. The number of rotatable bonds is 18. The number of phenols is 1. The minimum absolute atomic E-state index is 0.0338. The highest BCUT2D eigenvalue weighted by molar-refractivity contribution is 5.84. The van der Waals surface area contributed by atoms with Gasteiger partial charge in [-0.2, -0.15) is 13.2 Å². The van der Waals surface area contributed by atoms with Gasteiger partial charge in [0.15, 0.2) is 0 Å². The first kappa shape index (κ1) is 50.4. The molecule has 4 aliphatic heterocycles. The Balaban J connectivity index is 0.000000826. The number of alkyl halides is 3. The first-order chi connectivity index (χ1) is 32.2. The zero-order valence-corrected chi connectivity index (χ0v) is 38.0. The molecule has 8 rings (SSSR count). The number of nitrogens with one attached hydrogen (secondary N) is 2. The zero-order valence-electron chi connectivity index (χ0n) is 38.0. The molecule has 4 saturated heterocycles. The van der Waals surface area contributed by atoms with Gasteiger partial charge in [0.1, 0.15) is 12.0 Å². The van der Waals surface area contributed by atoms with E-state index in [1.165, 1.54) is 74.1 Å². The Morgan fingerprint density at radius 3 is 2.09 bits per heavy atom. The highest BCUT2D eigenvalue weighted by Gasteiger charge is 2.44. The van der Waals surface area contributed by atoms with E-state index < -0.39 is 29.2 Å². The maximum absolute atomic E-state index is 13.7. The maximum Gasteiger partial charge on any atom is 0.416 e. The van der Waals surface area contributed by atoms with Crippen molar-refractivity contribution in [2.75, 3.05) is 64.7 Å². The molecule has 358 valence electrons. The smallest absolute Gasteiger partial charge is 0.416 e. The number of hydrogen-bond donors (Lipinski definition) is 5.